The lowest BCUT2D eigenvalue weighted by Crippen LogP contribution is -2.07. The first-order valence-electron chi connectivity index (χ1n) is 5.19. The van der Waals surface area contributed by atoms with Crippen molar-refractivity contribution < 1.29 is 9.53 Å². The Bertz CT molecular complexity index is 223. The van der Waals surface area contributed by atoms with E-state index in [4.69, 9.17) is 4.74 Å². The molecule has 1 atom stereocenters. The summed E-state index contributed by atoms with van der Waals surface area (Å²) in [5.41, 5.74) is 0. The van der Waals surface area contributed by atoms with Crippen LogP contribution in [-0.4, -0.2) is 12.6 Å². The standard InChI is InChI=1S/C11H17IO2/c1-9(13)14-8-4-6-10-5-2-3-7-11(10)12/h7,10H,2-6,8H2,1H3/t10-/m0/s1. The lowest BCUT2D eigenvalue weighted by molar-refractivity contribution is -0.141. The van der Waals surface area contributed by atoms with Crippen LogP contribution in [0.5, 0.6) is 0 Å². The largest absolute Gasteiger partial charge is 0.466 e. The van der Waals surface area contributed by atoms with Crippen LogP contribution in [0.3, 0.4) is 0 Å². The minimum absolute atomic E-state index is 0.168. The summed E-state index contributed by atoms with van der Waals surface area (Å²) in [5.74, 6) is 0.554. The van der Waals surface area contributed by atoms with Crippen molar-refractivity contribution in [3.05, 3.63) is 9.66 Å². The van der Waals surface area contributed by atoms with Crippen LogP contribution in [0.15, 0.2) is 9.66 Å². The van der Waals surface area contributed by atoms with Gasteiger partial charge in [0.05, 0.1) is 6.61 Å². The predicted molar refractivity (Wildman–Crippen MR) is 65.3 cm³/mol. The second kappa shape index (κ2) is 6.43. The van der Waals surface area contributed by atoms with E-state index in [1.54, 1.807) is 0 Å². The molecule has 0 aromatic carbocycles. The molecule has 2 nitrogen and oxygen atoms in total. The number of allylic oxidation sites excluding steroid dienone is 2. The number of ether oxygens (including phenoxy) is 1. The van der Waals surface area contributed by atoms with Gasteiger partial charge in [0.25, 0.3) is 0 Å². The summed E-state index contributed by atoms with van der Waals surface area (Å²) < 4.78 is 6.40. The highest BCUT2D eigenvalue weighted by atomic mass is 127. The van der Waals surface area contributed by atoms with Crippen LogP contribution in [0, 0.1) is 5.92 Å². The molecule has 0 aromatic rings. The number of rotatable bonds is 4. The summed E-state index contributed by atoms with van der Waals surface area (Å²) in [5, 5.41) is 0. The van der Waals surface area contributed by atoms with Crippen molar-refractivity contribution >= 4 is 28.6 Å². The number of hydrogen-bond donors (Lipinski definition) is 0. The summed E-state index contributed by atoms with van der Waals surface area (Å²) in [7, 11) is 0. The van der Waals surface area contributed by atoms with Crippen LogP contribution in [0.25, 0.3) is 0 Å². The molecule has 1 rings (SSSR count). The van der Waals surface area contributed by atoms with Gasteiger partial charge in [-0.2, -0.15) is 0 Å². The highest BCUT2D eigenvalue weighted by Gasteiger charge is 2.14. The Balaban J connectivity index is 2.14. The number of esters is 1. The molecule has 0 radical (unpaired) electrons. The molecule has 0 bridgehead atoms. The number of carbonyl (C=O) groups is 1. The first-order valence-corrected chi connectivity index (χ1v) is 6.27. The van der Waals surface area contributed by atoms with Crippen LogP contribution in [-0.2, 0) is 9.53 Å². The van der Waals surface area contributed by atoms with Crippen molar-refractivity contribution in [3.63, 3.8) is 0 Å². The zero-order chi connectivity index (χ0) is 10.4. The molecule has 0 saturated heterocycles. The van der Waals surface area contributed by atoms with Gasteiger partial charge < -0.3 is 4.74 Å². The van der Waals surface area contributed by atoms with Crippen LogP contribution in [0.1, 0.15) is 39.0 Å². The first-order chi connectivity index (χ1) is 6.70. The Morgan fingerprint density at radius 2 is 2.50 bits per heavy atom. The van der Waals surface area contributed by atoms with Gasteiger partial charge in [0.1, 0.15) is 0 Å². The van der Waals surface area contributed by atoms with Gasteiger partial charge >= 0.3 is 5.97 Å². The molecule has 0 unspecified atom stereocenters. The third-order valence-corrected chi connectivity index (χ3v) is 3.81. The van der Waals surface area contributed by atoms with Gasteiger partial charge in [-0.05, 0) is 64.2 Å². The molecule has 0 saturated carbocycles. The van der Waals surface area contributed by atoms with E-state index in [2.05, 4.69) is 28.7 Å². The molecule has 0 amide bonds. The molecule has 1 aliphatic rings. The van der Waals surface area contributed by atoms with Crippen molar-refractivity contribution in [1.29, 1.82) is 0 Å². The highest BCUT2D eigenvalue weighted by molar-refractivity contribution is 14.1. The zero-order valence-electron chi connectivity index (χ0n) is 8.59. The molecule has 0 aromatic heterocycles. The summed E-state index contributed by atoms with van der Waals surface area (Å²) in [6.45, 7) is 2.04. The van der Waals surface area contributed by atoms with Gasteiger partial charge in [0.15, 0.2) is 0 Å². The first kappa shape index (κ1) is 12.0. The van der Waals surface area contributed by atoms with Gasteiger partial charge in [-0.3, -0.25) is 4.79 Å². The number of halogens is 1. The molecule has 80 valence electrons. The van der Waals surface area contributed by atoms with E-state index in [0.29, 0.717) is 6.61 Å². The fraction of sp³-hybridized carbons (Fsp3) is 0.727. The molecule has 0 aliphatic heterocycles. The van der Waals surface area contributed by atoms with Crippen molar-refractivity contribution in [1.82, 2.24) is 0 Å². The number of carbonyl (C=O) groups excluding carboxylic acids is 1. The summed E-state index contributed by atoms with van der Waals surface area (Å²) in [6, 6.07) is 0. The molecule has 0 spiro atoms. The van der Waals surface area contributed by atoms with Gasteiger partial charge in [0, 0.05) is 6.92 Å². The average molecular weight is 308 g/mol. The molecule has 3 heteroatoms. The smallest absolute Gasteiger partial charge is 0.302 e. The predicted octanol–water partition coefficient (Wildman–Crippen LogP) is 3.45. The lowest BCUT2D eigenvalue weighted by atomic mass is 9.92. The van der Waals surface area contributed by atoms with Gasteiger partial charge in [0.2, 0.25) is 0 Å². The second-order valence-corrected chi connectivity index (χ2v) is 4.94. The van der Waals surface area contributed by atoms with E-state index in [1.165, 1.54) is 29.8 Å². The summed E-state index contributed by atoms with van der Waals surface area (Å²) in [4.78, 5) is 10.5. The van der Waals surface area contributed by atoms with E-state index in [1.807, 2.05) is 0 Å². The topological polar surface area (TPSA) is 26.3 Å². The maximum absolute atomic E-state index is 10.5. The Hall–Kier alpha value is -0.0600. The molecular weight excluding hydrogens is 291 g/mol. The lowest BCUT2D eigenvalue weighted by Gasteiger charge is -2.20. The molecule has 0 N–H and O–H groups in total. The normalized spacial score (nSPS) is 21.6. The van der Waals surface area contributed by atoms with Crippen molar-refractivity contribution in [3.8, 4) is 0 Å². The van der Waals surface area contributed by atoms with E-state index in [9.17, 15) is 4.79 Å². The van der Waals surface area contributed by atoms with Crippen LogP contribution in [0.2, 0.25) is 0 Å². The van der Waals surface area contributed by atoms with Crippen molar-refractivity contribution in [2.75, 3.05) is 6.61 Å². The van der Waals surface area contributed by atoms with E-state index in [0.717, 1.165) is 18.8 Å². The minimum atomic E-state index is -0.168. The molecule has 0 heterocycles. The highest BCUT2D eigenvalue weighted by Crippen LogP contribution is 2.32. The molecule has 1 aliphatic carbocycles. The summed E-state index contributed by atoms with van der Waals surface area (Å²) in [6.07, 6.45) is 8.32. The van der Waals surface area contributed by atoms with Gasteiger partial charge in [-0.15, -0.1) is 0 Å². The summed E-state index contributed by atoms with van der Waals surface area (Å²) >= 11 is 2.44. The van der Waals surface area contributed by atoms with Crippen LogP contribution < -0.4 is 0 Å². The second-order valence-electron chi connectivity index (χ2n) is 3.70. The Morgan fingerprint density at radius 3 is 3.14 bits per heavy atom. The van der Waals surface area contributed by atoms with E-state index >= 15 is 0 Å². The van der Waals surface area contributed by atoms with Gasteiger partial charge in [-0.1, -0.05) is 6.08 Å². The van der Waals surface area contributed by atoms with Crippen LogP contribution >= 0.6 is 22.6 Å². The maximum atomic E-state index is 10.5. The van der Waals surface area contributed by atoms with Crippen molar-refractivity contribution in [2.45, 2.75) is 39.0 Å². The SMILES string of the molecule is CC(=O)OCCC[C@@H]1CCCC=C1I. The van der Waals surface area contributed by atoms with Crippen molar-refractivity contribution in [2.24, 2.45) is 5.92 Å². The third kappa shape index (κ3) is 4.44. The Labute approximate surface area is 99.2 Å². The van der Waals surface area contributed by atoms with Crippen LogP contribution in [0.4, 0.5) is 0 Å². The molecule has 0 fully saturated rings. The Kier molecular flexibility index (Phi) is 5.52. The Morgan fingerprint density at radius 1 is 1.71 bits per heavy atom. The number of hydrogen-bond acceptors (Lipinski definition) is 2. The van der Waals surface area contributed by atoms with Gasteiger partial charge in [-0.25, -0.2) is 0 Å². The monoisotopic (exact) mass is 308 g/mol. The minimum Gasteiger partial charge on any atom is -0.466 e. The molecular formula is C11H17IO2. The zero-order valence-corrected chi connectivity index (χ0v) is 10.7. The van der Waals surface area contributed by atoms with E-state index < -0.39 is 0 Å². The quantitative estimate of drug-likeness (QED) is 0.452. The average Bonchev–Trinajstić information content (AvgIpc) is 2.15. The fourth-order valence-corrected chi connectivity index (χ4v) is 2.67. The van der Waals surface area contributed by atoms with E-state index in [-0.39, 0.29) is 5.97 Å². The third-order valence-electron chi connectivity index (χ3n) is 2.49. The fourth-order valence-electron chi connectivity index (χ4n) is 1.74. The maximum Gasteiger partial charge on any atom is 0.302 e. The molecule has 14 heavy (non-hydrogen) atoms.